The molecule has 2 atom stereocenters. The molecule has 1 aliphatic rings. The zero-order chi connectivity index (χ0) is 20.0. The predicted octanol–water partition coefficient (Wildman–Crippen LogP) is 2.21. The highest BCUT2D eigenvalue weighted by Gasteiger charge is 2.37. The van der Waals surface area contributed by atoms with Crippen LogP contribution in [0.3, 0.4) is 0 Å². The number of carbonyl (C=O) groups is 1. The van der Waals surface area contributed by atoms with Gasteiger partial charge in [-0.1, -0.05) is 5.16 Å². The summed E-state index contributed by atoms with van der Waals surface area (Å²) >= 11 is 0. The Morgan fingerprint density at radius 1 is 1.25 bits per heavy atom. The Morgan fingerprint density at radius 2 is 2.04 bits per heavy atom. The highest BCUT2D eigenvalue weighted by molar-refractivity contribution is 6.06. The van der Waals surface area contributed by atoms with Crippen LogP contribution in [-0.2, 0) is 18.2 Å². The van der Waals surface area contributed by atoms with Crippen LogP contribution in [-0.4, -0.2) is 57.0 Å². The number of likely N-dealkylation sites (tertiary alicyclic amines) is 1. The van der Waals surface area contributed by atoms with E-state index in [0.717, 1.165) is 33.9 Å². The van der Waals surface area contributed by atoms with E-state index in [4.69, 9.17) is 9.26 Å². The van der Waals surface area contributed by atoms with Crippen LogP contribution < -0.4 is 0 Å². The molecule has 0 bridgehead atoms. The van der Waals surface area contributed by atoms with E-state index in [1.807, 2.05) is 44.9 Å². The highest BCUT2D eigenvalue weighted by Crippen LogP contribution is 2.28. The van der Waals surface area contributed by atoms with Gasteiger partial charge in [-0.3, -0.25) is 9.48 Å². The summed E-state index contributed by atoms with van der Waals surface area (Å²) in [5.41, 5.74) is 3.85. The van der Waals surface area contributed by atoms with E-state index >= 15 is 0 Å². The molecule has 1 fully saturated rings. The molecular weight excluding hydrogens is 358 g/mol. The van der Waals surface area contributed by atoms with E-state index in [2.05, 4.69) is 15.2 Å². The lowest BCUT2D eigenvalue weighted by atomic mass is 10.0. The van der Waals surface area contributed by atoms with Crippen LogP contribution >= 0.6 is 0 Å². The van der Waals surface area contributed by atoms with Gasteiger partial charge in [0.25, 0.3) is 5.91 Å². The average molecular weight is 383 g/mol. The van der Waals surface area contributed by atoms with E-state index < -0.39 is 0 Å². The molecule has 1 amide bonds. The number of carbonyl (C=O) groups excluding carboxylic acids is 1. The van der Waals surface area contributed by atoms with Crippen molar-refractivity contribution in [1.82, 2.24) is 24.8 Å². The smallest absolute Gasteiger partial charge is 0.254 e. The van der Waals surface area contributed by atoms with E-state index in [1.165, 1.54) is 0 Å². The Labute approximate surface area is 163 Å². The fourth-order valence-electron chi connectivity index (χ4n) is 4.15. The maximum Gasteiger partial charge on any atom is 0.254 e. The molecular formula is C20H25N5O3. The number of rotatable bonds is 4. The molecule has 3 aromatic heterocycles. The van der Waals surface area contributed by atoms with Crippen molar-refractivity contribution >= 4 is 16.9 Å². The Balaban J connectivity index is 1.63. The molecule has 0 radical (unpaired) electrons. The Kier molecular flexibility index (Phi) is 4.66. The molecule has 0 unspecified atom stereocenters. The summed E-state index contributed by atoms with van der Waals surface area (Å²) in [6, 6.07) is 3.79. The summed E-state index contributed by atoms with van der Waals surface area (Å²) in [5, 5.41) is 9.22. The first-order valence-electron chi connectivity index (χ1n) is 9.42. The maximum atomic E-state index is 13.4. The van der Waals surface area contributed by atoms with Crippen LogP contribution in [0.25, 0.3) is 11.0 Å². The molecule has 0 spiro atoms. The molecule has 8 heteroatoms. The fraction of sp³-hybridized carbons (Fsp3) is 0.500. The third-order valence-corrected chi connectivity index (χ3v) is 5.44. The lowest BCUT2D eigenvalue weighted by Crippen LogP contribution is -2.30. The van der Waals surface area contributed by atoms with E-state index in [1.54, 1.807) is 11.8 Å². The zero-order valence-corrected chi connectivity index (χ0v) is 16.9. The third-order valence-electron chi connectivity index (χ3n) is 5.44. The Bertz CT molecular complexity index is 1040. The van der Waals surface area contributed by atoms with Gasteiger partial charge in [0.1, 0.15) is 5.76 Å². The van der Waals surface area contributed by atoms with Crippen molar-refractivity contribution in [3.05, 3.63) is 40.5 Å². The van der Waals surface area contributed by atoms with Crippen molar-refractivity contribution in [2.75, 3.05) is 20.2 Å². The van der Waals surface area contributed by atoms with Gasteiger partial charge in [-0.25, -0.2) is 4.98 Å². The number of hydrogen-bond acceptors (Lipinski definition) is 6. The Morgan fingerprint density at radius 3 is 2.71 bits per heavy atom. The quantitative estimate of drug-likeness (QED) is 0.687. The largest absolute Gasteiger partial charge is 0.379 e. The van der Waals surface area contributed by atoms with Gasteiger partial charge in [0, 0.05) is 51.3 Å². The number of nitrogens with zero attached hydrogens (tertiary/aromatic N) is 5. The SMILES string of the molecule is CO[C@H]1CN(C(=O)c2cc(C)nc3c2c(C)nn3C)C[C@H]1Cc1cc(C)no1. The average Bonchev–Trinajstić information content (AvgIpc) is 3.32. The van der Waals surface area contributed by atoms with Crippen molar-refractivity contribution < 1.29 is 14.1 Å². The second kappa shape index (κ2) is 7.01. The fourth-order valence-corrected chi connectivity index (χ4v) is 4.15. The van der Waals surface area contributed by atoms with Gasteiger partial charge >= 0.3 is 0 Å². The van der Waals surface area contributed by atoms with Crippen LogP contribution in [0.2, 0.25) is 0 Å². The molecule has 0 aliphatic carbocycles. The first kappa shape index (κ1) is 18.6. The summed E-state index contributed by atoms with van der Waals surface area (Å²) in [6.07, 6.45) is 0.655. The lowest BCUT2D eigenvalue weighted by Gasteiger charge is -2.17. The van der Waals surface area contributed by atoms with E-state index in [9.17, 15) is 4.79 Å². The minimum absolute atomic E-state index is 0.00935. The third kappa shape index (κ3) is 3.17. The first-order valence-corrected chi connectivity index (χ1v) is 9.42. The van der Waals surface area contributed by atoms with Gasteiger partial charge in [-0.15, -0.1) is 0 Å². The minimum atomic E-state index is -0.0391. The number of aromatic nitrogens is 4. The van der Waals surface area contributed by atoms with E-state index in [0.29, 0.717) is 25.1 Å². The molecule has 4 heterocycles. The topological polar surface area (TPSA) is 86.3 Å². The summed E-state index contributed by atoms with van der Waals surface area (Å²) in [4.78, 5) is 19.8. The van der Waals surface area contributed by atoms with Crippen molar-refractivity contribution in [3.8, 4) is 0 Å². The highest BCUT2D eigenvalue weighted by atomic mass is 16.5. The number of pyridine rings is 1. The summed E-state index contributed by atoms with van der Waals surface area (Å²) < 4.78 is 12.8. The normalized spacial score (nSPS) is 19.7. The van der Waals surface area contributed by atoms with Crippen molar-refractivity contribution in [2.24, 2.45) is 13.0 Å². The second-order valence-corrected chi connectivity index (χ2v) is 7.60. The predicted molar refractivity (Wildman–Crippen MR) is 103 cm³/mol. The van der Waals surface area contributed by atoms with E-state index in [-0.39, 0.29) is 17.9 Å². The molecule has 28 heavy (non-hydrogen) atoms. The Hall–Kier alpha value is -2.74. The van der Waals surface area contributed by atoms with Crippen LogP contribution in [0.1, 0.15) is 33.2 Å². The van der Waals surface area contributed by atoms with Crippen molar-refractivity contribution in [3.63, 3.8) is 0 Å². The van der Waals surface area contributed by atoms with Gasteiger partial charge in [0.05, 0.1) is 28.4 Å². The monoisotopic (exact) mass is 383 g/mol. The summed E-state index contributed by atoms with van der Waals surface area (Å²) in [5.74, 6) is 0.976. The minimum Gasteiger partial charge on any atom is -0.379 e. The molecule has 1 aliphatic heterocycles. The second-order valence-electron chi connectivity index (χ2n) is 7.60. The van der Waals surface area contributed by atoms with Gasteiger partial charge in [-0.05, 0) is 26.8 Å². The molecule has 148 valence electrons. The number of ether oxygens (including phenoxy) is 1. The number of fused-ring (bicyclic) bond motifs is 1. The number of methoxy groups -OCH3 is 1. The van der Waals surface area contributed by atoms with Crippen molar-refractivity contribution in [2.45, 2.75) is 33.3 Å². The molecule has 0 saturated carbocycles. The molecule has 4 rings (SSSR count). The molecule has 3 aromatic rings. The van der Waals surface area contributed by atoms with Gasteiger partial charge in [0.15, 0.2) is 5.65 Å². The molecule has 1 saturated heterocycles. The van der Waals surface area contributed by atoms with Gasteiger partial charge in [0.2, 0.25) is 0 Å². The summed E-state index contributed by atoms with van der Waals surface area (Å²) in [6.45, 7) is 6.87. The number of amides is 1. The van der Waals surface area contributed by atoms with Crippen LogP contribution in [0, 0.1) is 26.7 Å². The molecule has 0 aromatic carbocycles. The lowest BCUT2D eigenvalue weighted by molar-refractivity contribution is 0.0673. The molecule has 8 nitrogen and oxygen atoms in total. The number of hydrogen-bond donors (Lipinski definition) is 0. The van der Waals surface area contributed by atoms with Crippen LogP contribution in [0.5, 0.6) is 0 Å². The van der Waals surface area contributed by atoms with Crippen molar-refractivity contribution in [1.29, 1.82) is 0 Å². The summed E-state index contributed by atoms with van der Waals surface area (Å²) in [7, 11) is 3.54. The standard InChI is InChI=1S/C20H25N5O3/c1-11-7-16(18-13(3)22-24(4)19(18)21-11)20(26)25-9-14(17(10-25)27-5)8-15-6-12(2)23-28-15/h6-7,14,17H,8-10H2,1-5H3/t14-,17+/m1/s1. The maximum absolute atomic E-state index is 13.4. The number of aryl methyl sites for hydroxylation is 4. The molecule has 0 N–H and O–H groups in total. The van der Waals surface area contributed by atoms with Gasteiger partial charge < -0.3 is 14.2 Å². The van der Waals surface area contributed by atoms with Gasteiger partial charge in [-0.2, -0.15) is 5.10 Å². The van der Waals surface area contributed by atoms with Crippen LogP contribution in [0.4, 0.5) is 0 Å². The zero-order valence-electron chi connectivity index (χ0n) is 16.9. The first-order chi connectivity index (χ1) is 13.4. The van der Waals surface area contributed by atoms with Crippen LogP contribution in [0.15, 0.2) is 16.7 Å².